The Morgan fingerprint density at radius 2 is 2.00 bits per heavy atom. The van der Waals surface area contributed by atoms with E-state index >= 15 is 0 Å². The lowest BCUT2D eigenvalue weighted by molar-refractivity contribution is -0.125. The molecule has 1 saturated heterocycles. The molecular formula is C10H21N3O. The zero-order chi connectivity index (χ0) is 10.6. The molecule has 0 spiro atoms. The van der Waals surface area contributed by atoms with Gasteiger partial charge >= 0.3 is 0 Å². The maximum Gasteiger partial charge on any atom is 0.236 e. The normalized spacial score (nSPS) is 22.8. The summed E-state index contributed by atoms with van der Waals surface area (Å²) in [6.07, 6.45) is 1.15. The van der Waals surface area contributed by atoms with Gasteiger partial charge in [0.15, 0.2) is 0 Å². The lowest BCUT2D eigenvalue weighted by Gasteiger charge is -2.25. The maximum absolute atomic E-state index is 11.4. The Hall–Kier alpha value is -0.610. The van der Waals surface area contributed by atoms with Gasteiger partial charge in [-0.05, 0) is 26.9 Å². The fourth-order valence-corrected chi connectivity index (χ4v) is 1.83. The molecule has 1 rings (SSSR count). The minimum absolute atomic E-state index is 0.00602. The Morgan fingerprint density at radius 3 is 2.64 bits per heavy atom. The standard InChI is InChI=1S/C10H21N3O/c1-9(10(14)11-2)13-6-4-5-12(3)7-8-13/h9H,4-8H2,1-3H3,(H,11,14). The molecule has 1 N–H and O–H groups in total. The van der Waals surface area contributed by atoms with Crippen LogP contribution >= 0.6 is 0 Å². The van der Waals surface area contributed by atoms with Crippen LogP contribution in [0.2, 0.25) is 0 Å². The molecule has 4 heteroatoms. The monoisotopic (exact) mass is 199 g/mol. The highest BCUT2D eigenvalue weighted by Crippen LogP contribution is 2.05. The predicted octanol–water partition coefficient (Wildman–Crippen LogP) is -0.242. The summed E-state index contributed by atoms with van der Waals surface area (Å²) in [6, 6.07) is 0.00602. The molecular weight excluding hydrogens is 178 g/mol. The highest BCUT2D eigenvalue weighted by Gasteiger charge is 2.21. The molecule has 1 aliphatic heterocycles. The van der Waals surface area contributed by atoms with Gasteiger partial charge in [-0.3, -0.25) is 9.69 Å². The second-order valence-corrected chi connectivity index (χ2v) is 3.98. The molecule has 1 heterocycles. The Morgan fingerprint density at radius 1 is 1.29 bits per heavy atom. The summed E-state index contributed by atoms with van der Waals surface area (Å²) in [5, 5.41) is 2.70. The van der Waals surface area contributed by atoms with Crippen LogP contribution in [0.25, 0.3) is 0 Å². The van der Waals surface area contributed by atoms with E-state index in [4.69, 9.17) is 0 Å². The van der Waals surface area contributed by atoms with Crippen LogP contribution in [0.3, 0.4) is 0 Å². The molecule has 1 amide bonds. The number of carbonyl (C=O) groups is 1. The van der Waals surface area contributed by atoms with Crippen molar-refractivity contribution < 1.29 is 4.79 Å². The fraction of sp³-hybridized carbons (Fsp3) is 0.900. The van der Waals surface area contributed by atoms with Crippen LogP contribution in [0.15, 0.2) is 0 Å². The van der Waals surface area contributed by atoms with Crippen molar-refractivity contribution in [3.05, 3.63) is 0 Å². The average Bonchev–Trinajstić information content (AvgIpc) is 2.40. The number of nitrogens with zero attached hydrogens (tertiary/aromatic N) is 2. The number of amides is 1. The predicted molar refractivity (Wildman–Crippen MR) is 57.2 cm³/mol. The summed E-state index contributed by atoms with van der Waals surface area (Å²) < 4.78 is 0. The van der Waals surface area contributed by atoms with Gasteiger partial charge in [0.1, 0.15) is 0 Å². The van der Waals surface area contributed by atoms with Crippen LogP contribution < -0.4 is 5.32 Å². The molecule has 1 unspecified atom stereocenters. The molecule has 82 valence electrons. The van der Waals surface area contributed by atoms with Gasteiger partial charge in [0.2, 0.25) is 5.91 Å². The molecule has 0 radical (unpaired) electrons. The third kappa shape index (κ3) is 2.96. The third-order valence-electron chi connectivity index (χ3n) is 2.93. The number of hydrogen-bond acceptors (Lipinski definition) is 3. The highest BCUT2D eigenvalue weighted by atomic mass is 16.2. The average molecular weight is 199 g/mol. The maximum atomic E-state index is 11.4. The lowest BCUT2D eigenvalue weighted by atomic mass is 10.2. The number of rotatable bonds is 2. The first-order valence-corrected chi connectivity index (χ1v) is 5.29. The van der Waals surface area contributed by atoms with Crippen molar-refractivity contribution in [1.82, 2.24) is 15.1 Å². The van der Waals surface area contributed by atoms with E-state index in [-0.39, 0.29) is 11.9 Å². The van der Waals surface area contributed by atoms with Crippen molar-refractivity contribution in [2.45, 2.75) is 19.4 Å². The van der Waals surface area contributed by atoms with Crippen LogP contribution in [0, 0.1) is 0 Å². The molecule has 1 aliphatic rings. The first-order chi connectivity index (χ1) is 6.65. The van der Waals surface area contributed by atoms with Gasteiger partial charge in [0, 0.05) is 26.7 Å². The van der Waals surface area contributed by atoms with E-state index in [9.17, 15) is 4.79 Å². The molecule has 0 aromatic rings. The van der Waals surface area contributed by atoms with Crippen molar-refractivity contribution in [3.8, 4) is 0 Å². The van der Waals surface area contributed by atoms with Gasteiger partial charge in [-0.1, -0.05) is 0 Å². The summed E-state index contributed by atoms with van der Waals surface area (Å²) in [7, 11) is 3.83. The molecule has 0 bridgehead atoms. The van der Waals surface area contributed by atoms with E-state index in [2.05, 4.69) is 22.2 Å². The molecule has 1 atom stereocenters. The summed E-state index contributed by atoms with van der Waals surface area (Å²) in [5.41, 5.74) is 0. The SMILES string of the molecule is CNC(=O)C(C)N1CCCN(C)CC1. The molecule has 0 saturated carbocycles. The van der Waals surface area contributed by atoms with Crippen molar-refractivity contribution in [2.75, 3.05) is 40.3 Å². The van der Waals surface area contributed by atoms with E-state index in [1.165, 1.54) is 0 Å². The molecule has 0 aromatic heterocycles. The van der Waals surface area contributed by atoms with Gasteiger partial charge in [0.05, 0.1) is 6.04 Å². The zero-order valence-electron chi connectivity index (χ0n) is 9.42. The number of nitrogens with one attached hydrogen (secondary N) is 1. The highest BCUT2D eigenvalue weighted by molar-refractivity contribution is 5.80. The molecule has 1 fully saturated rings. The minimum Gasteiger partial charge on any atom is -0.358 e. The lowest BCUT2D eigenvalue weighted by Crippen LogP contribution is -2.45. The van der Waals surface area contributed by atoms with Crippen LogP contribution in [0.4, 0.5) is 0 Å². The molecule has 0 aromatic carbocycles. The van der Waals surface area contributed by atoms with Crippen molar-refractivity contribution in [1.29, 1.82) is 0 Å². The Bertz CT molecular complexity index is 196. The summed E-state index contributed by atoms with van der Waals surface area (Å²) in [6.45, 7) is 6.19. The smallest absolute Gasteiger partial charge is 0.236 e. The number of hydrogen-bond donors (Lipinski definition) is 1. The Balaban J connectivity index is 2.46. The first-order valence-electron chi connectivity index (χ1n) is 5.29. The Kier molecular flexibility index (Phi) is 4.35. The quantitative estimate of drug-likeness (QED) is 0.666. The first kappa shape index (κ1) is 11.5. The Labute approximate surface area is 86.2 Å². The van der Waals surface area contributed by atoms with Crippen LogP contribution in [-0.4, -0.2) is 62.0 Å². The largest absolute Gasteiger partial charge is 0.358 e. The van der Waals surface area contributed by atoms with E-state index in [1.807, 2.05) is 6.92 Å². The summed E-state index contributed by atoms with van der Waals surface area (Å²) >= 11 is 0. The van der Waals surface area contributed by atoms with E-state index in [0.717, 1.165) is 32.6 Å². The van der Waals surface area contributed by atoms with E-state index in [1.54, 1.807) is 7.05 Å². The third-order valence-corrected chi connectivity index (χ3v) is 2.93. The van der Waals surface area contributed by atoms with Gasteiger partial charge in [0.25, 0.3) is 0 Å². The summed E-state index contributed by atoms with van der Waals surface area (Å²) in [5.74, 6) is 0.120. The van der Waals surface area contributed by atoms with Gasteiger partial charge < -0.3 is 10.2 Å². The molecule has 14 heavy (non-hydrogen) atoms. The topological polar surface area (TPSA) is 35.6 Å². The second-order valence-electron chi connectivity index (χ2n) is 3.98. The van der Waals surface area contributed by atoms with Crippen molar-refractivity contribution in [3.63, 3.8) is 0 Å². The molecule has 0 aliphatic carbocycles. The van der Waals surface area contributed by atoms with Crippen molar-refractivity contribution in [2.24, 2.45) is 0 Å². The zero-order valence-corrected chi connectivity index (χ0v) is 9.42. The van der Waals surface area contributed by atoms with Crippen LogP contribution in [0.5, 0.6) is 0 Å². The number of carbonyl (C=O) groups excluding carboxylic acids is 1. The van der Waals surface area contributed by atoms with Gasteiger partial charge in [-0.15, -0.1) is 0 Å². The fourth-order valence-electron chi connectivity index (χ4n) is 1.83. The summed E-state index contributed by atoms with van der Waals surface area (Å²) in [4.78, 5) is 16.0. The van der Waals surface area contributed by atoms with Gasteiger partial charge in [-0.2, -0.15) is 0 Å². The van der Waals surface area contributed by atoms with Crippen LogP contribution in [-0.2, 0) is 4.79 Å². The molecule has 4 nitrogen and oxygen atoms in total. The van der Waals surface area contributed by atoms with E-state index in [0.29, 0.717) is 0 Å². The van der Waals surface area contributed by atoms with E-state index < -0.39 is 0 Å². The van der Waals surface area contributed by atoms with Gasteiger partial charge in [-0.25, -0.2) is 0 Å². The minimum atomic E-state index is 0.00602. The van der Waals surface area contributed by atoms with Crippen LogP contribution in [0.1, 0.15) is 13.3 Å². The van der Waals surface area contributed by atoms with Crippen molar-refractivity contribution >= 4 is 5.91 Å². The number of likely N-dealkylation sites (N-methyl/N-ethyl adjacent to an activating group) is 2. The second kappa shape index (κ2) is 5.32.